The lowest BCUT2D eigenvalue weighted by Gasteiger charge is -2.22. The number of nitrogens with zero attached hydrogens (tertiary/aromatic N) is 1. The molecule has 0 aromatic heterocycles. The van der Waals surface area contributed by atoms with Gasteiger partial charge in [-0.25, -0.2) is 0 Å². The van der Waals surface area contributed by atoms with Gasteiger partial charge in [0.15, 0.2) is 0 Å². The summed E-state index contributed by atoms with van der Waals surface area (Å²) in [5.41, 5.74) is 0.778. The van der Waals surface area contributed by atoms with Crippen molar-refractivity contribution < 1.29 is 14.6 Å². The number of hydrogen-bond donors (Lipinski definition) is 1. The van der Waals surface area contributed by atoms with Crippen LogP contribution in [0.4, 0.5) is 5.69 Å². The van der Waals surface area contributed by atoms with Crippen LogP contribution in [0.5, 0.6) is 5.75 Å². The quantitative estimate of drug-likeness (QED) is 0.804. The highest BCUT2D eigenvalue weighted by Crippen LogP contribution is 2.29. The molecular weight excluding hydrogens is 254 g/mol. The zero-order chi connectivity index (χ0) is 13.5. The summed E-state index contributed by atoms with van der Waals surface area (Å²) in [5, 5.41) is 9.16. The largest absolute Gasteiger partial charge is 0.495 e. The molecule has 0 bridgehead atoms. The maximum Gasteiger partial charge on any atom is 0.305 e. The van der Waals surface area contributed by atoms with Crippen LogP contribution in [0.3, 0.4) is 0 Å². The lowest BCUT2D eigenvalue weighted by atomic mass is 10.2. The molecule has 1 aromatic carbocycles. The Kier molecular flexibility index (Phi) is 5.34. The Balaban J connectivity index is 2.88. The van der Waals surface area contributed by atoms with Crippen LogP contribution in [0.15, 0.2) is 18.2 Å². The Morgan fingerprint density at radius 3 is 2.83 bits per heavy atom. The molecular formula is C13H14ClNO3. The van der Waals surface area contributed by atoms with Crippen LogP contribution in [-0.2, 0) is 4.79 Å². The van der Waals surface area contributed by atoms with E-state index < -0.39 is 5.97 Å². The van der Waals surface area contributed by atoms with Gasteiger partial charge >= 0.3 is 5.97 Å². The van der Waals surface area contributed by atoms with E-state index in [1.807, 2.05) is 0 Å². The average molecular weight is 268 g/mol. The van der Waals surface area contributed by atoms with E-state index in [0.29, 0.717) is 23.9 Å². The van der Waals surface area contributed by atoms with Crippen molar-refractivity contribution in [3.8, 4) is 18.1 Å². The number of rotatable bonds is 6. The summed E-state index contributed by atoms with van der Waals surface area (Å²) in [6.45, 7) is 0.665. The van der Waals surface area contributed by atoms with E-state index in [4.69, 9.17) is 27.9 Å². The van der Waals surface area contributed by atoms with Gasteiger partial charge in [-0.2, -0.15) is 0 Å². The molecule has 0 saturated carbocycles. The number of anilines is 1. The number of benzene rings is 1. The van der Waals surface area contributed by atoms with E-state index in [1.165, 1.54) is 7.11 Å². The molecule has 0 amide bonds. The average Bonchev–Trinajstić information content (AvgIpc) is 2.34. The molecule has 5 heteroatoms. The molecule has 0 radical (unpaired) electrons. The Labute approximate surface area is 111 Å². The van der Waals surface area contributed by atoms with Crippen molar-refractivity contribution in [3.05, 3.63) is 23.2 Å². The van der Waals surface area contributed by atoms with Crippen LogP contribution in [0, 0.1) is 12.3 Å². The SMILES string of the molecule is C#CCN(CCC(=O)O)c1ccc(OC)c(Cl)c1. The highest BCUT2D eigenvalue weighted by molar-refractivity contribution is 6.32. The number of carboxylic acids is 1. The minimum absolute atomic E-state index is 0.0192. The number of carboxylic acid groups (broad SMARTS) is 1. The second-order valence-corrected chi connectivity index (χ2v) is 4.00. The monoisotopic (exact) mass is 267 g/mol. The number of hydrogen-bond acceptors (Lipinski definition) is 3. The Hall–Kier alpha value is -1.86. The molecule has 1 rings (SSSR count). The summed E-state index contributed by atoms with van der Waals surface area (Å²) in [6, 6.07) is 5.23. The summed E-state index contributed by atoms with van der Waals surface area (Å²) in [4.78, 5) is 12.4. The molecule has 0 unspecified atom stereocenters. The predicted octanol–water partition coefficient (Wildman–Crippen LogP) is 2.26. The first-order valence-electron chi connectivity index (χ1n) is 5.32. The molecule has 0 atom stereocenters. The molecule has 0 aliphatic rings. The summed E-state index contributed by atoms with van der Waals surface area (Å²) >= 11 is 6.02. The van der Waals surface area contributed by atoms with E-state index in [1.54, 1.807) is 23.1 Å². The topological polar surface area (TPSA) is 49.8 Å². The standard InChI is InChI=1S/C13H14ClNO3/c1-3-7-15(8-6-13(16)17)10-4-5-12(18-2)11(14)9-10/h1,4-5,9H,6-8H2,2H3,(H,16,17). The minimum Gasteiger partial charge on any atom is -0.495 e. The van der Waals surface area contributed by atoms with Gasteiger partial charge in [0.05, 0.1) is 25.1 Å². The lowest BCUT2D eigenvalue weighted by Crippen LogP contribution is -2.26. The number of aliphatic carboxylic acids is 1. The van der Waals surface area contributed by atoms with Crippen molar-refractivity contribution in [2.75, 3.05) is 25.1 Å². The van der Waals surface area contributed by atoms with E-state index in [9.17, 15) is 4.79 Å². The summed E-state index contributed by atoms with van der Waals surface area (Å²) in [5.74, 6) is 2.20. The molecule has 0 heterocycles. The summed E-state index contributed by atoms with van der Waals surface area (Å²) < 4.78 is 5.05. The molecule has 0 saturated heterocycles. The van der Waals surface area contributed by atoms with Crippen molar-refractivity contribution in [1.82, 2.24) is 0 Å². The van der Waals surface area contributed by atoms with Gasteiger partial charge in [-0.1, -0.05) is 17.5 Å². The van der Waals surface area contributed by atoms with Gasteiger partial charge in [0.1, 0.15) is 5.75 Å². The van der Waals surface area contributed by atoms with E-state index in [0.717, 1.165) is 5.69 Å². The normalized spacial score (nSPS) is 9.61. The molecule has 1 aromatic rings. The summed E-state index contributed by atoms with van der Waals surface area (Å²) in [7, 11) is 1.53. The van der Waals surface area contributed by atoms with Gasteiger partial charge in [-0.15, -0.1) is 6.42 Å². The molecule has 18 heavy (non-hydrogen) atoms. The third-order valence-electron chi connectivity index (χ3n) is 2.38. The third-order valence-corrected chi connectivity index (χ3v) is 2.67. The van der Waals surface area contributed by atoms with Crippen molar-refractivity contribution in [3.63, 3.8) is 0 Å². The number of carbonyl (C=O) groups is 1. The molecule has 1 N–H and O–H groups in total. The number of ether oxygens (including phenoxy) is 1. The number of methoxy groups -OCH3 is 1. The Morgan fingerprint density at radius 2 is 2.33 bits per heavy atom. The van der Waals surface area contributed by atoms with Crippen LogP contribution in [0.25, 0.3) is 0 Å². The first-order valence-corrected chi connectivity index (χ1v) is 5.70. The zero-order valence-corrected chi connectivity index (χ0v) is 10.8. The predicted molar refractivity (Wildman–Crippen MR) is 71.3 cm³/mol. The van der Waals surface area contributed by atoms with Crippen LogP contribution in [0.2, 0.25) is 5.02 Å². The van der Waals surface area contributed by atoms with E-state index >= 15 is 0 Å². The lowest BCUT2D eigenvalue weighted by molar-refractivity contribution is -0.136. The van der Waals surface area contributed by atoms with Gasteiger partial charge in [-0.05, 0) is 18.2 Å². The van der Waals surface area contributed by atoms with Gasteiger partial charge in [0.25, 0.3) is 0 Å². The maximum absolute atomic E-state index is 10.6. The molecule has 4 nitrogen and oxygen atoms in total. The molecule has 0 aliphatic heterocycles. The van der Waals surface area contributed by atoms with Crippen molar-refractivity contribution in [2.24, 2.45) is 0 Å². The van der Waals surface area contributed by atoms with Crippen LogP contribution in [-0.4, -0.2) is 31.3 Å². The maximum atomic E-state index is 10.6. The fourth-order valence-corrected chi connectivity index (χ4v) is 1.74. The first kappa shape index (κ1) is 14.2. The van der Waals surface area contributed by atoms with Crippen molar-refractivity contribution in [1.29, 1.82) is 0 Å². The fraction of sp³-hybridized carbons (Fsp3) is 0.308. The van der Waals surface area contributed by atoms with E-state index in [2.05, 4.69) is 5.92 Å². The second kappa shape index (κ2) is 6.77. The molecule has 96 valence electrons. The van der Waals surface area contributed by atoms with Crippen LogP contribution in [0.1, 0.15) is 6.42 Å². The summed E-state index contributed by atoms with van der Waals surface area (Å²) in [6.07, 6.45) is 5.29. The van der Waals surface area contributed by atoms with Crippen LogP contribution >= 0.6 is 11.6 Å². The Morgan fingerprint density at radius 1 is 1.61 bits per heavy atom. The van der Waals surface area contributed by atoms with Crippen LogP contribution < -0.4 is 9.64 Å². The fourth-order valence-electron chi connectivity index (χ4n) is 1.49. The molecule has 0 aliphatic carbocycles. The first-order chi connectivity index (χ1) is 8.58. The highest BCUT2D eigenvalue weighted by atomic mass is 35.5. The molecule has 0 fully saturated rings. The number of halogens is 1. The van der Waals surface area contributed by atoms with Gasteiger partial charge in [0.2, 0.25) is 0 Å². The highest BCUT2D eigenvalue weighted by Gasteiger charge is 2.10. The molecule has 0 spiro atoms. The smallest absolute Gasteiger partial charge is 0.305 e. The van der Waals surface area contributed by atoms with Gasteiger partial charge in [-0.3, -0.25) is 4.79 Å². The minimum atomic E-state index is -0.864. The van der Waals surface area contributed by atoms with Gasteiger partial charge in [0, 0.05) is 12.2 Å². The van der Waals surface area contributed by atoms with Gasteiger partial charge < -0.3 is 14.7 Å². The second-order valence-electron chi connectivity index (χ2n) is 3.59. The zero-order valence-electron chi connectivity index (χ0n) is 10.0. The Bertz CT molecular complexity index is 468. The number of terminal acetylenes is 1. The third kappa shape index (κ3) is 3.86. The van der Waals surface area contributed by atoms with Crippen molar-refractivity contribution >= 4 is 23.3 Å². The van der Waals surface area contributed by atoms with Crippen molar-refractivity contribution in [2.45, 2.75) is 6.42 Å². The van der Waals surface area contributed by atoms with E-state index in [-0.39, 0.29) is 6.42 Å².